The fourth-order valence-electron chi connectivity index (χ4n) is 2.92. The number of rotatable bonds is 7. The second-order valence-electron chi connectivity index (χ2n) is 5.70. The van der Waals surface area contributed by atoms with E-state index in [0.717, 1.165) is 18.5 Å². The van der Waals surface area contributed by atoms with Crippen molar-refractivity contribution in [2.45, 2.75) is 51.7 Å². The number of hydrogen-bond acceptors (Lipinski definition) is 3. The van der Waals surface area contributed by atoms with E-state index in [2.05, 4.69) is 32.0 Å². The number of hydrogen-bond donors (Lipinski definition) is 0. The quantitative estimate of drug-likeness (QED) is 0.713. The number of para-hydroxylation sites is 1. The van der Waals surface area contributed by atoms with Crippen molar-refractivity contribution >= 4 is 23.2 Å². The number of halogens is 1. The lowest BCUT2D eigenvalue weighted by Crippen LogP contribution is -2.39. The summed E-state index contributed by atoms with van der Waals surface area (Å²) in [5.74, 6) is -0.0692. The molecule has 23 heavy (non-hydrogen) atoms. The minimum absolute atomic E-state index is 0.0692. The topological polar surface area (TPSA) is 38.8 Å². The van der Waals surface area contributed by atoms with Gasteiger partial charge in [0.05, 0.1) is 18.9 Å². The summed E-state index contributed by atoms with van der Waals surface area (Å²) < 4.78 is 11.0. The molecule has 5 heteroatoms. The molecule has 128 valence electrons. The van der Waals surface area contributed by atoms with Gasteiger partial charge in [-0.1, -0.05) is 32.0 Å². The van der Waals surface area contributed by atoms with Crippen molar-refractivity contribution in [3.8, 4) is 0 Å². The van der Waals surface area contributed by atoms with Crippen LogP contribution in [0.3, 0.4) is 0 Å². The first-order chi connectivity index (χ1) is 11.1. The minimum atomic E-state index is -0.560. The maximum atomic E-state index is 12.7. The Morgan fingerprint density at radius 2 is 1.83 bits per heavy atom. The van der Waals surface area contributed by atoms with Gasteiger partial charge < -0.3 is 14.4 Å². The van der Waals surface area contributed by atoms with E-state index in [1.165, 1.54) is 11.1 Å². The zero-order valence-corrected chi connectivity index (χ0v) is 14.9. The summed E-state index contributed by atoms with van der Waals surface area (Å²) in [5.41, 5.74) is 3.35. The van der Waals surface area contributed by atoms with E-state index >= 15 is 0 Å². The van der Waals surface area contributed by atoms with Gasteiger partial charge in [-0.3, -0.25) is 4.79 Å². The molecule has 0 aliphatic carbocycles. The molecule has 1 saturated heterocycles. The molecule has 1 unspecified atom stereocenters. The van der Waals surface area contributed by atoms with Crippen molar-refractivity contribution in [2.24, 2.45) is 0 Å². The van der Waals surface area contributed by atoms with Gasteiger partial charge in [0.15, 0.2) is 6.29 Å². The van der Waals surface area contributed by atoms with Crippen LogP contribution in [0.1, 0.15) is 38.3 Å². The number of nitrogens with zero attached hydrogens (tertiary/aromatic N) is 1. The second kappa shape index (κ2) is 8.67. The molecule has 0 spiro atoms. The molecule has 1 aromatic rings. The van der Waals surface area contributed by atoms with Crippen molar-refractivity contribution in [2.75, 3.05) is 24.7 Å². The molecule has 1 heterocycles. The molecule has 1 aliphatic heterocycles. The number of benzene rings is 1. The van der Waals surface area contributed by atoms with E-state index in [-0.39, 0.29) is 12.2 Å². The molecule has 4 nitrogen and oxygen atoms in total. The van der Waals surface area contributed by atoms with Gasteiger partial charge in [-0.2, -0.15) is 0 Å². The summed E-state index contributed by atoms with van der Waals surface area (Å²) in [7, 11) is 0. The maximum absolute atomic E-state index is 12.7. The van der Waals surface area contributed by atoms with Crippen LogP contribution >= 0.6 is 11.6 Å². The maximum Gasteiger partial charge on any atom is 0.244 e. The predicted octanol–water partition coefficient (Wildman–Crippen LogP) is 3.53. The number of amides is 1. The molecule has 0 radical (unpaired) electrons. The lowest BCUT2D eigenvalue weighted by molar-refractivity contribution is -0.118. The Balaban J connectivity index is 2.30. The highest BCUT2D eigenvalue weighted by molar-refractivity contribution is 6.32. The van der Waals surface area contributed by atoms with Gasteiger partial charge >= 0.3 is 0 Å². The standard InChI is InChI=1S/C18H26ClNO3/c1-4-14-7-6-8-15(5-2)17(14)20(18(21)13(3)19)10-9-16-22-11-12-23-16/h6-8,13,16H,4-5,9-12H2,1-3H3. The van der Waals surface area contributed by atoms with Gasteiger partial charge in [0, 0.05) is 13.0 Å². The third kappa shape index (κ3) is 4.46. The highest BCUT2D eigenvalue weighted by atomic mass is 35.5. The number of alkyl halides is 1. The van der Waals surface area contributed by atoms with Crippen molar-refractivity contribution in [1.82, 2.24) is 0 Å². The Labute approximate surface area is 143 Å². The summed E-state index contributed by atoms with van der Waals surface area (Å²) in [4.78, 5) is 14.5. The summed E-state index contributed by atoms with van der Waals surface area (Å²) in [6.07, 6.45) is 2.17. The monoisotopic (exact) mass is 339 g/mol. The van der Waals surface area contributed by atoms with Crippen LogP contribution in [0.4, 0.5) is 5.69 Å². The summed E-state index contributed by atoms with van der Waals surface area (Å²) in [6.45, 7) is 7.72. The molecule has 2 rings (SSSR count). The van der Waals surface area contributed by atoms with Crippen LogP contribution in [0.2, 0.25) is 0 Å². The second-order valence-corrected chi connectivity index (χ2v) is 6.35. The molecule has 1 atom stereocenters. The van der Waals surface area contributed by atoms with Crippen LogP contribution in [-0.4, -0.2) is 37.3 Å². The Morgan fingerprint density at radius 3 is 2.30 bits per heavy atom. The van der Waals surface area contributed by atoms with Crippen LogP contribution in [-0.2, 0) is 27.1 Å². The molecule has 1 amide bonds. The Kier molecular flexibility index (Phi) is 6.88. The number of anilines is 1. The molecule has 1 fully saturated rings. The predicted molar refractivity (Wildman–Crippen MR) is 93.2 cm³/mol. The lowest BCUT2D eigenvalue weighted by atomic mass is 10.0. The van der Waals surface area contributed by atoms with Crippen LogP contribution < -0.4 is 4.90 Å². The van der Waals surface area contributed by atoms with Crippen molar-refractivity contribution < 1.29 is 14.3 Å². The van der Waals surface area contributed by atoms with Crippen LogP contribution in [0, 0.1) is 0 Å². The van der Waals surface area contributed by atoms with Crippen LogP contribution in [0.15, 0.2) is 18.2 Å². The fraction of sp³-hybridized carbons (Fsp3) is 0.611. The Hall–Kier alpha value is -1.10. The van der Waals surface area contributed by atoms with E-state index < -0.39 is 5.38 Å². The van der Waals surface area contributed by atoms with Crippen LogP contribution in [0.25, 0.3) is 0 Å². The van der Waals surface area contributed by atoms with Gasteiger partial charge in [0.25, 0.3) is 0 Å². The first kappa shape index (κ1) is 18.2. The van der Waals surface area contributed by atoms with Gasteiger partial charge in [-0.15, -0.1) is 11.6 Å². The Morgan fingerprint density at radius 1 is 1.26 bits per heavy atom. The van der Waals surface area contributed by atoms with Gasteiger partial charge in [-0.25, -0.2) is 0 Å². The molecular formula is C18H26ClNO3. The number of carbonyl (C=O) groups excluding carboxylic acids is 1. The average molecular weight is 340 g/mol. The normalized spacial score (nSPS) is 16.5. The van der Waals surface area contributed by atoms with Gasteiger partial charge in [0.2, 0.25) is 5.91 Å². The molecular weight excluding hydrogens is 314 g/mol. The van der Waals surface area contributed by atoms with E-state index in [1.54, 1.807) is 6.92 Å². The summed E-state index contributed by atoms with van der Waals surface area (Å²) >= 11 is 6.11. The fourth-order valence-corrected chi connectivity index (χ4v) is 3.03. The van der Waals surface area contributed by atoms with Crippen molar-refractivity contribution in [1.29, 1.82) is 0 Å². The smallest absolute Gasteiger partial charge is 0.244 e. The van der Waals surface area contributed by atoms with E-state index in [1.807, 2.05) is 4.90 Å². The largest absolute Gasteiger partial charge is 0.350 e. The summed E-state index contributed by atoms with van der Waals surface area (Å²) in [6, 6.07) is 6.21. The number of ether oxygens (including phenoxy) is 2. The minimum Gasteiger partial charge on any atom is -0.350 e. The molecule has 1 aromatic carbocycles. The van der Waals surface area contributed by atoms with Gasteiger partial charge in [0.1, 0.15) is 5.38 Å². The van der Waals surface area contributed by atoms with Crippen molar-refractivity contribution in [3.05, 3.63) is 29.3 Å². The first-order valence-electron chi connectivity index (χ1n) is 8.37. The number of aryl methyl sites for hydroxylation is 2. The Bertz CT molecular complexity index is 505. The van der Waals surface area contributed by atoms with Crippen molar-refractivity contribution in [3.63, 3.8) is 0 Å². The van der Waals surface area contributed by atoms with Gasteiger partial charge in [-0.05, 0) is 30.9 Å². The summed E-state index contributed by atoms with van der Waals surface area (Å²) in [5, 5.41) is -0.560. The van der Waals surface area contributed by atoms with E-state index in [4.69, 9.17) is 21.1 Å². The lowest BCUT2D eigenvalue weighted by Gasteiger charge is -2.29. The zero-order chi connectivity index (χ0) is 16.8. The zero-order valence-electron chi connectivity index (χ0n) is 14.2. The molecule has 0 N–H and O–H groups in total. The van der Waals surface area contributed by atoms with E-state index in [0.29, 0.717) is 26.2 Å². The van der Waals surface area contributed by atoms with E-state index in [9.17, 15) is 4.79 Å². The highest BCUT2D eigenvalue weighted by Crippen LogP contribution is 2.29. The molecule has 1 aliphatic rings. The third-order valence-corrected chi connectivity index (χ3v) is 4.31. The first-order valence-corrected chi connectivity index (χ1v) is 8.81. The average Bonchev–Trinajstić information content (AvgIpc) is 3.08. The number of carbonyl (C=O) groups is 1. The SMILES string of the molecule is CCc1cccc(CC)c1N(CCC1OCCO1)C(=O)C(C)Cl. The highest BCUT2D eigenvalue weighted by Gasteiger charge is 2.26. The molecule has 0 saturated carbocycles. The molecule has 0 bridgehead atoms. The molecule has 0 aromatic heterocycles. The van der Waals surface area contributed by atoms with Crippen LogP contribution in [0.5, 0.6) is 0 Å². The third-order valence-electron chi connectivity index (χ3n) is 4.12.